The molecule has 5 aliphatic rings. The summed E-state index contributed by atoms with van der Waals surface area (Å²) in [7, 11) is 0. The summed E-state index contributed by atoms with van der Waals surface area (Å²) in [6.45, 7) is 51.7. The Hall–Kier alpha value is -11.0. The largest absolute Gasteiger partial charge is 0.330 e. The molecule has 0 unspecified atom stereocenters. The number of anilines is 5. The van der Waals surface area contributed by atoms with E-state index in [1.165, 1.54) is 43.2 Å². The van der Waals surface area contributed by atoms with Gasteiger partial charge >= 0.3 is 0 Å². The molecule has 0 radical (unpaired) electrons. The number of nitrogens with zero attached hydrogens (tertiary/aromatic N) is 15. The topological polar surface area (TPSA) is 265 Å². The summed E-state index contributed by atoms with van der Waals surface area (Å²) in [5, 5.41) is 15.9. The fourth-order valence-electron chi connectivity index (χ4n) is 16.8. The number of allylic oxidation sites excluding steroid dienone is 2. The van der Waals surface area contributed by atoms with Crippen LogP contribution in [0.5, 0.6) is 0 Å². The molecule has 10 heterocycles. The SMILES string of the molecule is C=C(CC(C)(C)C)Nc1nc2ccc(C)nc2n1CC(C)C.C=C(CC(C)C)Nc1nc2ccc(C)nc2n1CC(C)C.Cc1ccc(CC(=O)Nc2nc3ccc(C)nc3n2CC(C)C)cc1.Cc1ccc2nc(NC(=O)CCc3ccccc3)n(C3CCC3)c2n1.Cc1ccc2nc(NC(=O)C[C@@H]3CC[C@H]4C[C@@H]3C4(C)C)n(C3CCC3)c2n1. The smallest absolute Gasteiger partial charge is 0.231 e. The van der Waals surface area contributed by atoms with E-state index < -0.39 is 0 Å². The highest BCUT2D eigenvalue weighted by atomic mass is 16.2. The third kappa shape index (κ3) is 22.5. The van der Waals surface area contributed by atoms with E-state index in [2.05, 4.69) is 183 Å². The van der Waals surface area contributed by atoms with Gasteiger partial charge in [-0.05, 0) is 243 Å². The molecule has 5 saturated carbocycles. The number of hydrogen-bond donors (Lipinski definition) is 5. The van der Waals surface area contributed by atoms with Crippen molar-refractivity contribution >= 4 is 103 Å². The summed E-state index contributed by atoms with van der Waals surface area (Å²) in [4.78, 5) is 84.3. The lowest BCUT2D eigenvalue weighted by Gasteiger charge is -2.60. The number of carbonyl (C=O) groups is 3. The van der Waals surface area contributed by atoms with Gasteiger partial charge < -0.3 is 10.6 Å². The third-order valence-electron chi connectivity index (χ3n) is 23.2. The number of nitrogens with one attached hydrogen (secondary N) is 5. The summed E-state index contributed by atoms with van der Waals surface area (Å²) in [6, 6.07) is 38.8. The van der Waals surface area contributed by atoms with Crippen LogP contribution in [0.2, 0.25) is 0 Å². The van der Waals surface area contributed by atoms with Crippen molar-refractivity contribution in [3.63, 3.8) is 0 Å². The van der Waals surface area contributed by atoms with E-state index in [-0.39, 0.29) is 23.1 Å². The molecule has 5 N–H and O–H groups in total. The second-order valence-electron chi connectivity index (χ2n) is 37.6. The van der Waals surface area contributed by atoms with E-state index >= 15 is 0 Å². The molecule has 5 fully saturated rings. The lowest BCUT2D eigenvalue weighted by atomic mass is 9.45. The highest BCUT2D eigenvalue weighted by Crippen LogP contribution is 2.62. The summed E-state index contributed by atoms with van der Waals surface area (Å²) in [5.74, 6) is 7.79. The zero-order valence-electron chi connectivity index (χ0n) is 74.7. The number of aromatic nitrogens is 15. The van der Waals surface area contributed by atoms with Crippen LogP contribution in [-0.4, -0.2) is 90.4 Å². The first-order valence-electron chi connectivity index (χ1n) is 43.7. The molecule has 120 heavy (non-hydrogen) atoms. The lowest BCUT2D eigenvalue weighted by molar-refractivity contribution is -0.128. The highest BCUT2D eigenvalue weighted by Gasteiger charge is 2.54. The van der Waals surface area contributed by atoms with Gasteiger partial charge in [0.1, 0.15) is 27.6 Å². The molecule has 0 saturated heterocycles. The van der Waals surface area contributed by atoms with Gasteiger partial charge in [0.2, 0.25) is 47.5 Å². The molecule has 0 spiro atoms. The fraction of sp³-hybridized carbons (Fsp3) is 0.495. The Morgan fingerprint density at radius 2 is 0.825 bits per heavy atom. The Morgan fingerprint density at radius 1 is 0.433 bits per heavy atom. The van der Waals surface area contributed by atoms with Crippen molar-refractivity contribution < 1.29 is 14.4 Å². The van der Waals surface area contributed by atoms with Gasteiger partial charge in [-0.1, -0.05) is 163 Å². The molecule has 23 nitrogen and oxygen atoms in total. The molecular weight excluding hydrogens is 1490 g/mol. The van der Waals surface area contributed by atoms with Gasteiger partial charge in [-0.15, -0.1) is 0 Å². The number of imidazole rings is 5. The molecule has 3 amide bonds. The quantitative estimate of drug-likeness (QED) is 0.0356. The Bertz CT molecular complexity index is 5580. The number of aryl methyl sites for hydroxylation is 7. The predicted octanol–water partition coefficient (Wildman–Crippen LogP) is 21.9. The first kappa shape index (κ1) is 88.3. The monoisotopic (exact) mass is 1620 g/mol. The Morgan fingerprint density at radius 3 is 1.22 bits per heavy atom. The highest BCUT2D eigenvalue weighted by molar-refractivity contribution is 5.94. The van der Waals surface area contributed by atoms with Crippen LogP contribution in [-0.2, 0) is 46.9 Å². The minimum absolute atomic E-state index is 0.00328. The van der Waals surface area contributed by atoms with Crippen LogP contribution in [0.15, 0.2) is 140 Å². The Labute approximate surface area is 709 Å². The molecule has 636 valence electrons. The second kappa shape index (κ2) is 38.6. The summed E-state index contributed by atoms with van der Waals surface area (Å²) < 4.78 is 10.6. The molecule has 5 aliphatic carbocycles. The van der Waals surface area contributed by atoms with Crippen molar-refractivity contribution in [3.05, 3.63) is 185 Å². The number of hydrogen-bond acceptors (Lipinski definition) is 15. The molecule has 12 aromatic rings. The Balaban J connectivity index is 0.000000138. The number of benzene rings is 2. The van der Waals surface area contributed by atoms with E-state index in [4.69, 9.17) is 15.0 Å². The molecule has 2 bridgehead atoms. The number of rotatable bonds is 25. The van der Waals surface area contributed by atoms with E-state index in [0.29, 0.717) is 90.1 Å². The number of amides is 3. The number of fused-ring (bicyclic) bond motifs is 7. The van der Waals surface area contributed by atoms with Crippen molar-refractivity contribution in [2.24, 2.45) is 52.3 Å². The van der Waals surface area contributed by atoms with Gasteiger partial charge in [-0.3, -0.25) is 53.2 Å². The first-order chi connectivity index (χ1) is 57.1. The molecule has 3 atom stereocenters. The average Bonchev–Trinajstić information content (AvgIpc) is 0.915. The van der Waals surface area contributed by atoms with Crippen LogP contribution >= 0.6 is 0 Å². The summed E-state index contributed by atoms with van der Waals surface area (Å²) >= 11 is 0. The number of carbonyl (C=O) groups excluding carboxylic acids is 3. The van der Waals surface area contributed by atoms with Gasteiger partial charge in [0, 0.05) is 84.4 Å². The Kier molecular flexibility index (Phi) is 28.4. The van der Waals surface area contributed by atoms with E-state index in [1.54, 1.807) is 0 Å². The van der Waals surface area contributed by atoms with Gasteiger partial charge in [0.15, 0.2) is 28.2 Å². The molecular formula is C97H130N20O3. The second-order valence-corrected chi connectivity index (χ2v) is 37.6. The van der Waals surface area contributed by atoms with Crippen molar-refractivity contribution in [1.29, 1.82) is 0 Å². The van der Waals surface area contributed by atoms with Crippen LogP contribution in [0.3, 0.4) is 0 Å². The molecule has 2 aromatic carbocycles. The van der Waals surface area contributed by atoms with Crippen LogP contribution in [0, 0.1) is 93.8 Å². The third-order valence-corrected chi connectivity index (χ3v) is 23.2. The molecule has 17 rings (SSSR count). The maximum Gasteiger partial charge on any atom is 0.231 e. The van der Waals surface area contributed by atoms with Gasteiger partial charge in [0.25, 0.3) is 0 Å². The van der Waals surface area contributed by atoms with Gasteiger partial charge in [0.05, 0.1) is 6.42 Å². The van der Waals surface area contributed by atoms with E-state index in [0.717, 1.165) is 184 Å². The summed E-state index contributed by atoms with van der Waals surface area (Å²) in [6.07, 6.45) is 14.8. The van der Waals surface area contributed by atoms with Crippen molar-refractivity contribution in [2.45, 2.75) is 260 Å². The zero-order valence-corrected chi connectivity index (χ0v) is 74.7. The molecule has 10 aromatic heterocycles. The standard InChI is InChI=1S/C22H30N4O.C20H22N4O.C20H24N4O.C18H28N4.C17H26N4/c1-13-7-10-18-20(23-13)26(16-5-4-6-16)21(24-18)25-19(27)11-14-8-9-15-12-17(14)22(15,2)3;1-14-10-12-17-19(21-14)24(16-8-5-9-16)20(22-17)23-18(25)13-11-15-6-3-2-4-7-15;1-13(2)12-24-19-17(10-7-15(4)21-19)22-20(24)23-18(25)11-16-8-5-14(3)6-9-16;1-12(2)11-22-16-15(9-8-13(3)19-16)21-17(22)20-14(4)10-18(5,6)7;1-11(2)9-14(6)19-17-20-15-8-7-13(5)18-16(15)21(17)10-12(3)4/h7,10,14-17H,4-6,8-9,11-12H2,1-3H3,(H,24,25,27);2-4,6-7,10,12,16H,5,8-9,11,13H2,1H3,(H,22,23,25);5-10,13H,11-12H2,1-4H3,(H,22,23,25);8-9,12H,4,10-11H2,1-3,5-7H3,(H,20,21);7-8,11-12H,6,9-10H2,1-5H3,(H,19,20)/t14-,15-,17-;;;;/m0..../s1. The van der Waals surface area contributed by atoms with Crippen LogP contribution < -0.4 is 26.6 Å². The van der Waals surface area contributed by atoms with Crippen LogP contribution in [0.25, 0.3) is 55.8 Å². The minimum Gasteiger partial charge on any atom is -0.330 e. The predicted molar refractivity (Wildman–Crippen MR) is 489 cm³/mol. The van der Waals surface area contributed by atoms with E-state index in [9.17, 15) is 14.4 Å². The zero-order chi connectivity index (χ0) is 86.0. The van der Waals surface area contributed by atoms with Crippen molar-refractivity contribution in [2.75, 3.05) is 26.6 Å². The first-order valence-corrected chi connectivity index (χ1v) is 43.7. The minimum atomic E-state index is -0.0686. The normalized spacial score (nSPS) is 16.2. The van der Waals surface area contributed by atoms with Gasteiger partial charge in [-0.25, -0.2) is 49.8 Å². The van der Waals surface area contributed by atoms with Crippen molar-refractivity contribution in [3.8, 4) is 0 Å². The van der Waals surface area contributed by atoms with Crippen LogP contribution in [0.4, 0.5) is 29.7 Å². The van der Waals surface area contributed by atoms with Gasteiger partial charge in [-0.2, -0.15) is 0 Å². The maximum atomic E-state index is 12.9. The van der Waals surface area contributed by atoms with Crippen molar-refractivity contribution in [1.82, 2.24) is 72.7 Å². The fourth-order valence-corrected chi connectivity index (χ4v) is 16.8. The molecule has 23 heteroatoms. The lowest BCUT2D eigenvalue weighted by Crippen LogP contribution is -2.52. The maximum absolute atomic E-state index is 12.9. The van der Waals surface area contributed by atoms with E-state index in [1.807, 2.05) is 161 Å². The average molecular weight is 1620 g/mol. The molecule has 0 aliphatic heterocycles. The number of pyridine rings is 5. The van der Waals surface area contributed by atoms with Crippen LogP contribution in [0.1, 0.15) is 231 Å². The summed E-state index contributed by atoms with van der Waals surface area (Å²) in [5.41, 5.74) is 19.8.